The van der Waals surface area contributed by atoms with Crippen LogP contribution in [0.2, 0.25) is 5.02 Å². The molecule has 0 fully saturated rings. The van der Waals surface area contributed by atoms with Gasteiger partial charge in [0.15, 0.2) is 11.5 Å². The van der Waals surface area contributed by atoms with Crippen LogP contribution < -0.4 is 19.5 Å². The Bertz CT molecular complexity index is 1420. The second-order valence-electron chi connectivity index (χ2n) is 7.26. The number of anilines is 1. The van der Waals surface area contributed by atoms with Gasteiger partial charge in [0.25, 0.3) is 11.1 Å². The number of nitrogens with one attached hydrogen (secondary N) is 1. The Labute approximate surface area is 205 Å². The van der Waals surface area contributed by atoms with Crippen molar-refractivity contribution in [3.8, 4) is 27.8 Å². The number of fused-ring (bicyclic) bond motifs is 1. The van der Waals surface area contributed by atoms with E-state index in [4.69, 9.17) is 16.3 Å². The highest BCUT2D eigenvalue weighted by Crippen LogP contribution is 2.47. The number of halogens is 3. The first-order valence-corrected chi connectivity index (χ1v) is 11.2. The standard InChI is InChI=1S/C22H14ClF2N5O4S/c1-11-7-15(14-3-2-4-17-18(14)34-22(24,25)33-17)16(9-26-11)19(31)28-20-29-30-21(35-20)32-10-13-6-5-12(23)8-27-13/h2-9H,10H2,1H3,(H,28,29,31). The lowest BCUT2D eigenvalue weighted by Crippen LogP contribution is -2.26. The quantitative estimate of drug-likeness (QED) is 0.376. The van der Waals surface area contributed by atoms with Crippen molar-refractivity contribution in [1.82, 2.24) is 20.2 Å². The summed E-state index contributed by atoms with van der Waals surface area (Å²) in [7, 11) is 0. The molecule has 35 heavy (non-hydrogen) atoms. The molecule has 13 heteroatoms. The number of rotatable bonds is 6. The predicted octanol–water partition coefficient (Wildman–Crippen LogP) is 5.11. The van der Waals surface area contributed by atoms with Crippen molar-refractivity contribution in [2.24, 2.45) is 0 Å². The lowest BCUT2D eigenvalue weighted by molar-refractivity contribution is -0.286. The first kappa shape index (κ1) is 22.9. The summed E-state index contributed by atoms with van der Waals surface area (Å²) >= 11 is 6.82. The summed E-state index contributed by atoms with van der Waals surface area (Å²) in [5.74, 6) is -0.869. The highest BCUT2D eigenvalue weighted by atomic mass is 35.5. The van der Waals surface area contributed by atoms with E-state index in [9.17, 15) is 13.6 Å². The SMILES string of the molecule is Cc1cc(-c2cccc3c2OC(F)(F)O3)c(C(=O)Nc2nnc(OCc3ccc(Cl)cn3)s2)cn1. The maximum atomic E-state index is 13.7. The molecule has 0 unspecified atom stereocenters. The fraction of sp³-hybridized carbons (Fsp3) is 0.136. The van der Waals surface area contributed by atoms with Crippen LogP contribution in [0.15, 0.2) is 48.8 Å². The first-order valence-electron chi connectivity index (χ1n) is 10.0. The lowest BCUT2D eigenvalue weighted by Gasteiger charge is -2.12. The van der Waals surface area contributed by atoms with Gasteiger partial charge in [-0.2, -0.15) is 0 Å². The highest BCUT2D eigenvalue weighted by Gasteiger charge is 2.44. The molecular weight excluding hydrogens is 504 g/mol. The summed E-state index contributed by atoms with van der Waals surface area (Å²) in [4.78, 5) is 21.4. The molecule has 178 valence electrons. The Morgan fingerprint density at radius 1 is 1.14 bits per heavy atom. The monoisotopic (exact) mass is 517 g/mol. The van der Waals surface area contributed by atoms with Crippen LogP contribution in [0.3, 0.4) is 0 Å². The van der Waals surface area contributed by atoms with Gasteiger partial charge < -0.3 is 14.2 Å². The second kappa shape index (κ2) is 9.04. The van der Waals surface area contributed by atoms with Crippen LogP contribution in [0.1, 0.15) is 21.7 Å². The molecule has 0 saturated carbocycles. The second-order valence-corrected chi connectivity index (χ2v) is 8.63. The number of pyridine rings is 2. The molecule has 1 aliphatic rings. The normalized spacial score (nSPS) is 13.5. The highest BCUT2D eigenvalue weighted by molar-refractivity contribution is 7.17. The number of aromatic nitrogens is 4. The molecule has 5 rings (SSSR count). The molecule has 4 heterocycles. The molecule has 0 spiro atoms. The van der Waals surface area contributed by atoms with Gasteiger partial charge in [0.2, 0.25) is 5.13 Å². The smallest absolute Gasteiger partial charge is 0.462 e. The minimum atomic E-state index is -3.80. The van der Waals surface area contributed by atoms with Crippen LogP contribution >= 0.6 is 22.9 Å². The summed E-state index contributed by atoms with van der Waals surface area (Å²) in [5, 5.41) is 11.3. The number of carbonyl (C=O) groups is 1. The van der Waals surface area contributed by atoms with Crippen molar-refractivity contribution in [2.75, 3.05) is 5.32 Å². The topological polar surface area (TPSA) is 108 Å². The number of hydrogen-bond donors (Lipinski definition) is 1. The third-order valence-corrected chi connectivity index (χ3v) is 5.74. The predicted molar refractivity (Wildman–Crippen MR) is 122 cm³/mol. The minimum absolute atomic E-state index is 0.117. The van der Waals surface area contributed by atoms with E-state index in [1.807, 2.05) is 0 Å². The van der Waals surface area contributed by atoms with Crippen molar-refractivity contribution < 1.29 is 27.8 Å². The van der Waals surface area contributed by atoms with Crippen LogP contribution in [0.4, 0.5) is 13.9 Å². The molecule has 3 aromatic heterocycles. The summed E-state index contributed by atoms with van der Waals surface area (Å²) in [5.41, 5.74) is 1.92. The van der Waals surface area contributed by atoms with Crippen LogP contribution in [-0.2, 0) is 6.61 Å². The van der Waals surface area contributed by atoms with Crippen LogP contribution in [0.5, 0.6) is 16.7 Å². The molecule has 0 atom stereocenters. The van der Waals surface area contributed by atoms with E-state index in [0.29, 0.717) is 22.0 Å². The largest absolute Gasteiger partial charge is 0.586 e. The van der Waals surface area contributed by atoms with Crippen LogP contribution in [0, 0.1) is 6.92 Å². The van der Waals surface area contributed by atoms with Gasteiger partial charge in [-0.05, 0) is 42.5 Å². The third-order valence-electron chi connectivity index (χ3n) is 4.76. The Morgan fingerprint density at radius 2 is 2.00 bits per heavy atom. The fourth-order valence-electron chi connectivity index (χ4n) is 3.26. The van der Waals surface area contributed by atoms with Crippen LogP contribution in [-0.4, -0.2) is 32.4 Å². The summed E-state index contributed by atoms with van der Waals surface area (Å²) in [6.07, 6.45) is -0.953. The number of carbonyl (C=O) groups excluding carboxylic acids is 1. The molecule has 1 amide bonds. The van der Waals surface area contributed by atoms with Crippen molar-refractivity contribution in [3.05, 3.63) is 70.8 Å². The van der Waals surface area contributed by atoms with E-state index < -0.39 is 12.2 Å². The zero-order valence-electron chi connectivity index (χ0n) is 17.8. The molecule has 0 bridgehead atoms. The Balaban J connectivity index is 1.36. The van der Waals surface area contributed by atoms with Gasteiger partial charge in [-0.25, -0.2) is 0 Å². The van der Waals surface area contributed by atoms with Gasteiger partial charge in [-0.3, -0.25) is 20.1 Å². The molecule has 0 radical (unpaired) electrons. The maximum Gasteiger partial charge on any atom is 0.586 e. The molecule has 0 saturated heterocycles. The average molecular weight is 518 g/mol. The number of benzene rings is 1. The van der Waals surface area contributed by atoms with Gasteiger partial charge >= 0.3 is 6.29 Å². The minimum Gasteiger partial charge on any atom is -0.462 e. The molecule has 1 aromatic carbocycles. The third kappa shape index (κ3) is 4.98. The summed E-state index contributed by atoms with van der Waals surface area (Å²) in [6.45, 7) is 1.85. The number of aryl methyl sites for hydroxylation is 1. The lowest BCUT2D eigenvalue weighted by atomic mass is 9.99. The Hall–Kier alpha value is -3.90. The number of hydrogen-bond acceptors (Lipinski definition) is 9. The van der Waals surface area contributed by atoms with E-state index >= 15 is 0 Å². The number of para-hydroxylation sites is 1. The zero-order valence-corrected chi connectivity index (χ0v) is 19.4. The summed E-state index contributed by atoms with van der Waals surface area (Å²) in [6, 6.07) is 9.43. The van der Waals surface area contributed by atoms with Crippen molar-refractivity contribution >= 4 is 34.0 Å². The Kier molecular flexibility index (Phi) is 5.91. The fourth-order valence-corrected chi connectivity index (χ4v) is 3.96. The van der Waals surface area contributed by atoms with E-state index in [-0.39, 0.29) is 39.6 Å². The number of nitrogens with zero attached hydrogens (tertiary/aromatic N) is 4. The van der Waals surface area contributed by atoms with Gasteiger partial charge in [0.05, 0.1) is 16.3 Å². The maximum absolute atomic E-state index is 13.7. The van der Waals surface area contributed by atoms with Gasteiger partial charge in [-0.1, -0.05) is 28.8 Å². The van der Waals surface area contributed by atoms with Crippen LogP contribution in [0.25, 0.3) is 11.1 Å². The van der Waals surface area contributed by atoms with Gasteiger partial charge in [0, 0.05) is 29.2 Å². The van der Waals surface area contributed by atoms with Gasteiger partial charge in [0.1, 0.15) is 6.61 Å². The van der Waals surface area contributed by atoms with E-state index in [0.717, 1.165) is 11.3 Å². The van der Waals surface area contributed by atoms with E-state index in [1.165, 1.54) is 24.5 Å². The molecule has 4 aromatic rings. The molecule has 1 aliphatic heterocycles. The molecule has 1 N–H and O–H groups in total. The molecule has 0 aliphatic carbocycles. The van der Waals surface area contributed by atoms with E-state index in [2.05, 4.69) is 35.0 Å². The number of alkyl halides is 2. The number of amides is 1. The molecular formula is C22H14ClF2N5O4S. The van der Waals surface area contributed by atoms with Crippen molar-refractivity contribution in [2.45, 2.75) is 19.8 Å². The number of ether oxygens (including phenoxy) is 3. The molecule has 9 nitrogen and oxygen atoms in total. The first-order chi connectivity index (χ1) is 16.8. The summed E-state index contributed by atoms with van der Waals surface area (Å²) < 4.78 is 42.1. The Morgan fingerprint density at radius 3 is 2.80 bits per heavy atom. The van der Waals surface area contributed by atoms with Gasteiger partial charge in [-0.15, -0.1) is 13.9 Å². The van der Waals surface area contributed by atoms with E-state index in [1.54, 1.807) is 31.2 Å². The van der Waals surface area contributed by atoms with Crippen molar-refractivity contribution in [1.29, 1.82) is 0 Å². The van der Waals surface area contributed by atoms with Crippen molar-refractivity contribution in [3.63, 3.8) is 0 Å². The zero-order chi connectivity index (χ0) is 24.6. The average Bonchev–Trinajstić information content (AvgIpc) is 3.40.